The van der Waals surface area contributed by atoms with Crippen LogP contribution in [0.25, 0.3) is 11.1 Å². The number of nitrogens with one attached hydrogen (secondary N) is 2. The number of benzene rings is 2. The highest BCUT2D eigenvalue weighted by atomic mass is 16.5. The summed E-state index contributed by atoms with van der Waals surface area (Å²) in [6.07, 6.45) is 1.70. The fraction of sp³-hybridized carbons (Fsp3) is 0.444. The normalized spacial score (nSPS) is 25.0. The van der Waals surface area contributed by atoms with E-state index in [0.29, 0.717) is 25.9 Å². The predicted octanol–water partition coefficient (Wildman–Crippen LogP) is 3.44. The van der Waals surface area contributed by atoms with Crippen molar-refractivity contribution in [1.29, 1.82) is 0 Å². The molecule has 0 unspecified atom stereocenters. The maximum absolute atomic E-state index is 12.6. The topological polar surface area (TPSA) is 114 Å². The third-order valence-electron chi connectivity index (χ3n) is 7.36. The van der Waals surface area contributed by atoms with Crippen molar-refractivity contribution in [3.8, 4) is 11.1 Å². The summed E-state index contributed by atoms with van der Waals surface area (Å²) >= 11 is 0. The lowest BCUT2D eigenvalue weighted by molar-refractivity contribution is -0.148. The van der Waals surface area contributed by atoms with Crippen molar-refractivity contribution in [2.45, 2.75) is 56.2 Å². The van der Waals surface area contributed by atoms with Gasteiger partial charge in [0, 0.05) is 25.0 Å². The fourth-order valence-corrected chi connectivity index (χ4v) is 5.71. The number of fused-ring (bicyclic) bond motifs is 3. The van der Waals surface area contributed by atoms with E-state index < -0.39 is 24.2 Å². The maximum Gasteiger partial charge on any atom is 0.407 e. The molecule has 1 saturated heterocycles. The molecule has 2 aliphatic carbocycles. The molecule has 0 spiro atoms. The van der Waals surface area contributed by atoms with Gasteiger partial charge in [-0.25, -0.2) is 9.59 Å². The molecule has 8 heteroatoms. The Bertz CT molecular complexity index is 1070. The second-order valence-electron chi connectivity index (χ2n) is 9.64. The van der Waals surface area contributed by atoms with Crippen LogP contribution in [0.4, 0.5) is 4.79 Å². The lowest BCUT2D eigenvalue weighted by Crippen LogP contribution is -2.44. The van der Waals surface area contributed by atoms with Crippen molar-refractivity contribution < 1.29 is 29.0 Å². The minimum Gasteiger partial charge on any atom is -0.479 e. The Kier molecular flexibility index (Phi) is 6.72. The van der Waals surface area contributed by atoms with Gasteiger partial charge in [-0.1, -0.05) is 48.5 Å². The molecule has 1 saturated carbocycles. The number of alkyl carbamates (subject to hydrolysis) is 1. The molecule has 0 radical (unpaired) electrons. The lowest BCUT2D eigenvalue weighted by Gasteiger charge is -2.18. The SMILES string of the molecule is O=C(C[C@H]1CC[C@@H](NC(=O)OCC2c3ccccc3-c3ccccc32)C1)N[C@H]1CCO[C@H]1C(=O)O. The van der Waals surface area contributed by atoms with E-state index in [1.807, 2.05) is 24.3 Å². The van der Waals surface area contributed by atoms with Gasteiger partial charge in [0.2, 0.25) is 5.91 Å². The molecule has 3 N–H and O–H groups in total. The number of carbonyl (C=O) groups is 3. The van der Waals surface area contributed by atoms with Gasteiger partial charge in [-0.15, -0.1) is 0 Å². The van der Waals surface area contributed by atoms with Crippen molar-refractivity contribution in [1.82, 2.24) is 10.6 Å². The summed E-state index contributed by atoms with van der Waals surface area (Å²) in [5, 5.41) is 14.9. The molecule has 1 aliphatic heterocycles. The average molecular weight is 479 g/mol. The van der Waals surface area contributed by atoms with Crippen LogP contribution >= 0.6 is 0 Å². The first-order valence-electron chi connectivity index (χ1n) is 12.2. The zero-order chi connectivity index (χ0) is 24.4. The first-order valence-corrected chi connectivity index (χ1v) is 12.2. The van der Waals surface area contributed by atoms with E-state index in [-0.39, 0.29) is 30.4 Å². The fourth-order valence-electron chi connectivity index (χ4n) is 5.71. The van der Waals surface area contributed by atoms with Gasteiger partial charge in [0.1, 0.15) is 6.61 Å². The Morgan fingerprint density at radius 1 is 0.943 bits per heavy atom. The monoisotopic (exact) mass is 478 g/mol. The van der Waals surface area contributed by atoms with Crippen LogP contribution in [-0.2, 0) is 19.1 Å². The van der Waals surface area contributed by atoms with Gasteiger partial charge in [-0.2, -0.15) is 0 Å². The zero-order valence-electron chi connectivity index (χ0n) is 19.4. The summed E-state index contributed by atoms with van der Waals surface area (Å²) in [5.41, 5.74) is 4.72. The summed E-state index contributed by atoms with van der Waals surface area (Å²) < 4.78 is 10.8. The van der Waals surface area contributed by atoms with Crippen LogP contribution in [0.2, 0.25) is 0 Å². The molecule has 4 atom stereocenters. The molecule has 1 heterocycles. The number of carbonyl (C=O) groups excluding carboxylic acids is 2. The molecule has 3 aliphatic rings. The number of aliphatic carboxylic acids is 1. The highest BCUT2D eigenvalue weighted by molar-refractivity contribution is 5.80. The van der Waals surface area contributed by atoms with E-state index in [9.17, 15) is 19.5 Å². The largest absolute Gasteiger partial charge is 0.479 e. The lowest BCUT2D eigenvalue weighted by atomic mass is 9.98. The number of rotatable bonds is 7. The Labute approximate surface area is 204 Å². The summed E-state index contributed by atoms with van der Waals surface area (Å²) in [7, 11) is 0. The average Bonchev–Trinajstić information content (AvgIpc) is 3.56. The summed E-state index contributed by atoms with van der Waals surface area (Å²) in [6, 6.07) is 15.9. The van der Waals surface area contributed by atoms with Crippen molar-refractivity contribution in [3.63, 3.8) is 0 Å². The van der Waals surface area contributed by atoms with Crippen LogP contribution in [0.3, 0.4) is 0 Å². The van der Waals surface area contributed by atoms with E-state index in [2.05, 4.69) is 34.9 Å². The molecule has 35 heavy (non-hydrogen) atoms. The Balaban J connectivity index is 1.09. The summed E-state index contributed by atoms with van der Waals surface area (Å²) in [5.74, 6) is -1.07. The molecule has 2 aromatic carbocycles. The quantitative estimate of drug-likeness (QED) is 0.562. The van der Waals surface area contributed by atoms with E-state index in [1.165, 1.54) is 22.3 Å². The number of carboxylic acids is 1. The van der Waals surface area contributed by atoms with E-state index in [4.69, 9.17) is 9.47 Å². The zero-order valence-corrected chi connectivity index (χ0v) is 19.4. The van der Waals surface area contributed by atoms with Crippen LogP contribution in [0.5, 0.6) is 0 Å². The van der Waals surface area contributed by atoms with Gasteiger partial charge in [-0.05, 0) is 53.9 Å². The smallest absolute Gasteiger partial charge is 0.407 e. The third kappa shape index (κ3) is 5.03. The second kappa shape index (κ2) is 10.1. The van der Waals surface area contributed by atoms with E-state index >= 15 is 0 Å². The van der Waals surface area contributed by atoms with Crippen molar-refractivity contribution >= 4 is 18.0 Å². The molecule has 8 nitrogen and oxygen atoms in total. The van der Waals surface area contributed by atoms with Gasteiger partial charge in [-0.3, -0.25) is 4.79 Å². The molecule has 2 fully saturated rings. The first kappa shape index (κ1) is 23.4. The van der Waals surface area contributed by atoms with Crippen molar-refractivity contribution in [2.24, 2.45) is 5.92 Å². The maximum atomic E-state index is 12.6. The van der Waals surface area contributed by atoms with Gasteiger partial charge in [0.05, 0.1) is 6.04 Å². The van der Waals surface area contributed by atoms with E-state index in [0.717, 1.165) is 12.8 Å². The van der Waals surface area contributed by atoms with Gasteiger partial charge in [0.15, 0.2) is 6.10 Å². The standard InChI is InChI=1S/C27H30N2O6/c30-24(29-23-11-12-34-25(23)26(31)32)14-16-9-10-17(13-16)28-27(33)35-15-22-20-7-3-1-5-18(20)19-6-2-4-8-21(19)22/h1-8,16-17,22-23,25H,9-15H2,(H,28,33)(H,29,30)(H,31,32)/t16-,17+,23-,25+/m0/s1. The first-order chi connectivity index (χ1) is 17.0. The van der Waals surface area contributed by atoms with Gasteiger partial charge in [0.25, 0.3) is 0 Å². The molecule has 2 aromatic rings. The number of hydrogen-bond donors (Lipinski definition) is 3. The molecule has 184 valence electrons. The van der Waals surface area contributed by atoms with Crippen LogP contribution in [-0.4, -0.2) is 54.5 Å². The van der Waals surface area contributed by atoms with Crippen LogP contribution in [0.15, 0.2) is 48.5 Å². The summed E-state index contributed by atoms with van der Waals surface area (Å²) in [4.78, 5) is 36.2. The molecule has 2 amide bonds. The van der Waals surface area contributed by atoms with Crippen LogP contribution < -0.4 is 10.6 Å². The molecule has 0 bridgehead atoms. The van der Waals surface area contributed by atoms with Gasteiger partial charge >= 0.3 is 12.1 Å². The molecular weight excluding hydrogens is 448 g/mol. The van der Waals surface area contributed by atoms with Crippen LogP contribution in [0, 0.1) is 5.92 Å². The third-order valence-corrected chi connectivity index (χ3v) is 7.36. The van der Waals surface area contributed by atoms with Gasteiger partial charge < -0.3 is 25.2 Å². The number of carboxylic acid groups (broad SMARTS) is 1. The Morgan fingerprint density at radius 2 is 1.63 bits per heavy atom. The number of ether oxygens (including phenoxy) is 2. The Morgan fingerprint density at radius 3 is 2.31 bits per heavy atom. The molecule has 5 rings (SSSR count). The minimum absolute atomic E-state index is 0.0161. The Hall–Kier alpha value is -3.39. The summed E-state index contributed by atoms with van der Waals surface area (Å²) in [6.45, 7) is 0.601. The van der Waals surface area contributed by atoms with E-state index in [1.54, 1.807) is 0 Å². The van der Waals surface area contributed by atoms with Crippen LogP contribution in [0.1, 0.15) is 49.1 Å². The number of hydrogen-bond acceptors (Lipinski definition) is 5. The highest BCUT2D eigenvalue weighted by Crippen LogP contribution is 2.44. The predicted molar refractivity (Wildman–Crippen MR) is 128 cm³/mol. The molecule has 0 aromatic heterocycles. The second-order valence-corrected chi connectivity index (χ2v) is 9.64. The minimum atomic E-state index is -1.05. The highest BCUT2D eigenvalue weighted by Gasteiger charge is 2.36. The molecular formula is C27H30N2O6. The van der Waals surface area contributed by atoms with Crippen molar-refractivity contribution in [2.75, 3.05) is 13.2 Å². The van der Waals surface area contributed by atoms with Crippen molar-refractivity contribution in [3.05, 3.63) is 59.7 Å². The number of amides is 2.